The molecule has 1 amide bonds. The van der Waals surface area contributed by atoms with E-state index >= 15 is 0 Å². The van der Waals surface area contributed by atoms with Gasteiger partial charge in [0.1, 0.15) is 5.75 Å². The number of nitrogens with one attached hydrogen (secondary N) is 1. The van der Waals surface area contributed by atoms with Gasteiger partial charge in [-0.3, -0.25) is 4.79 Å². The van der Waals surface area contributed by atoms with E-state index in [0.29, 0.717) is 24.5 Å². The van der Waals surface area contributed by atoms with E-state index in [1.54, 1.807) is 25.3 Å². The molecule has 19 heavy (non-hydrogen) atoms. The molecule has 1 heterocycles. The number of para-hydroxylation sites is 1. The average Bonchev–Trinajstić information content (AvgIpc) is 2.89. The fraction of sp³-hybridized carbons (Fsp3) is 0.231. The number of methoxy groups -OCH3 is 1. The van der Waals surface area contributed by atoms with Gasteiger partial charge in [0, 0.05) is 19.7 Å². The van der Waals surface area contributed by atoms with Crippen molar-refractivity contribution in [1.82, 2.24) is 10.5 Å². The van der Waals surface area contributed by atoms with E-state index in [4.69, 9.17) is 9.26 Å². The molecule has 0 aliphatic carbocycles. The third-order valence-corrected chi connectivity index (χ3v) is 2.50. The number of aromatic nitrogens is 1. The highest BCUT2D eigenvalue weighted by molar-refractivity contribution is 5.93. The Morgan fingerprint density at radius 1 is 1.47 bits per heavy atom. The lowest BCUT2D eigenvalue weighted by molar-refractivity contribution is 0.0928. The zero-order valence-electron chi connectivity index (χ0n) is 10.4. The molecule has 1 aromatic heterocycles. The molecule has 0 fully saturated rings. The van der Waals surface area contributed by atoms with Crippen molar-refractivity contribution in [3.05, 3.63) is 36.0 Å². The lowest BCUT2D eigenvalue weighted by Gasteiger charge is -2.00. The van der Waals surface area contributed by atoms with Crippen molar-refractivity contribution in [2.45, 2.75) is 0 Å². The summed E-state index contributed by atoms with van der Waals surface area (Å²) in [5, 5.41) is 16.0. The lowest BCUT2D eigenvalue weighted by atomic mass is 10.1. The molecule has 0 saturated carbocycles. The summed E-state index contributed by atoms with van der Waals surface area (Å²) in [4.78, 5) is 11.7. The van der Waals surface area contributed by atoms with Crippen LogP contribution in [0.15, 0.2) is 34.9 Å². The number of benzene rings is 1. The molecule has 6 heteroatoms. The van der Waals surface area contributed by atoms with Crippen molar-refractivity contribution in [3.63, 3.8) is 0 Å². The van der Waals surface area contributed by atoms with Crippen molar-refractivity contribution in [2.75, 3.05) is 20.3 Å². The number of rotatable bonds is 5. The van der Waals surface area contributed by atoms with Crippen LogP contribution in [0.3, 0.4) is 0 Å². The van der Waals surface area contributed by atoms with Gasteiger partial charge in [0.2, 0.25) is 0 Å². The Morgan fingerprint density at radius 2 is 2.26 bits per heavy atom. The molecule has 0 saturated heterocycles. The van der Waals surface area contributed by atoms with E-state index in [1.165, 1.54) is 12.1 Å². The summed E-state index contributed by atoms with van der Waals surface area (Å²) >= 11 is 0. The summed E-state index contributed by atoms with van der Waals surface area (Å²) in [6.07, 6.45) is 0. The Balaban J connectivity index is 2.11. The zero-order chi connectivity index (χ0) is 13.7. The molecule has 0 atom stereocenters. The number of carbonyl (C=O) groups is 1. The third-order valence-electron chi connectivity index (χ3n) is 2.50. The van der Waals surface area contributed by atoms with Crippen molar-refractivity contribution in [3.8, 4) is 17.1 Å². The number of aromatic hydroxyl groups is 1. The minimum absolute atomic E-state index is 0.0741. The first kappa shape index (κ1) is 13.1. The third kappa shape index (κ3) is 3.11. The minimum Gasteiger partial charge on any atom is -0.507 e. The second-order valence-electron chi connectivity index (χ2n) is 3.84. The van der Waals surface area contributed by atoms with Crippen molar-refractivity contribution < 1.29 is 19.2 Å². The number of hydrogen-bond donors (Lipinski definition) is 2. The summed E-state index contributed by atoms with van der Waals surface area (Å²) in [5.41, 5.74) is 0.653. The van der Waals surface area contributed by atoms with Gasteiger partial charge in [-0.25, -0.2) is 0 Å². The van der Waals surface area contributed by atoms with E-state index < -0.39 is 0 Å². The number of phenolic OH excluding ortho intramolecular Hbond substituents is 1. The highest BCUT2D eigenvalue weighted by Gasteiger charge is 2.14. The fourth-order valence-electron chi connectivity index (χ4n) is 1.55. The summed E-state index contributed by atoms with van der Waals surface area (Å²) < 4.78 is 9.88. The predicted octanol–water partition coefficient (Wildman–Crippen LogP) is 1.42. The molecule has 0 unspecified atom stereocenters. The van der Waals surface area contributed by atoms with E-state index in [2.05, 4.69) is 10.5 Å². The molecule has 6 nitrogen and oxygen atoms in total. The van der Waals surface area contributed by atoms with E-state index in [-0.39, 0.29) is 17.4 Å². The first-order chi connectivity index (χ1) is 9.22. The molecule has 2 rings (SSSR count). The maximum Gasteiger partial charge on any atom is 0.273 e. The molecule has 0 radical (unpaired) electrons. The average molecular weight is 262 g/mol. The van der Waals surface area contributed by atoms with Gasteiger partial charge in [0.15, 0.2) is 11.5 Å². The van der Waals surface area contributed by atoms with Crippen LogP contribution in [0.5, 0.6) is 5.75 Å². The molecule has 2 aromatic rings. The maximum absolute atomic E-state index is 11.7. The quantitative estimate of drug-likeness (QED) is 0.796. The number of nitrogens with zero attached hydrogens (tertiary/aromatic N) is 1. The van der Waals surface area contributed by atoms with Crippen LogP contribution in [0.25, 0.3) is 11.3 Å². The highest BCUT2D eigenvalue weighted by atomic mass is 16.5. The second-order valence-corrected chi connectivity index (χ2v) is 3.84. The minimum atomic E-state index is -0.345. The lowest BCUT2D eigenvalue weighted by Crippen LogP contribution is -2.27. The topological polar surface area (TPSA) is 84.6 Å². The number of ether oxygens (including phenoxy) is 1. The molecular formula is C13H14N2O4. The fourth-order valence-corrected chi connectivity index (χ4v) is 1.55. The molecule has 0 bridgehead atoms. The number of phenols is 1. The predicted molar refractivity (Wildman–Crippen MR) is 67.8 cm³/mol. The Bertz CT molecular complexity index is 565. The summed E-state index contributed by atoms with van der Waals surface area (Å²) in [7, 11) is 1.55. The molecule has 0 spiro atoms. The van der Waals surface area contributed by atoms with Crippen LogP contribution in [0.1, 0.15) is 10.5 Å². The zero-order valence-corrected chi connectivity index (χ0v) is 10.4. The summed E-state index contributed by atoms with van der Waals surface area (Å²) in [6.45, 7) is 0.823. The summed E-state index contributed by atoms with van der Waals surface area (Å²) in [6, 6.07) is 8.17. The van der Waals surface area contributed by atoms with Gasteiger partial charge in [-0.1, -0.05) is 17.3 Å². The van der Waals surface area contributed by atoms with Crippen molar-refractivity contribution >= 4 is 5.91 Å². The smallest absolute Gasteiger partial charge is 0.273 e. The van der Waals surface area contributed by atoms with Crippen molar-refractivity contribution in [1.29, 1.82) is 0 Å². The molecular weight excluding hydrogens is 248 g/mol. The van der Waals surface area contributed by atoms with Crippen LogP contribution in [-0.4, -0.2) is 36.4 Å². The number of carbonyl (C=O) groups excluding carboxylic acids is 1. The molecule has 100 valence electrons. The van der Waals surface area contributed by atoms with Crippen LogP contribution in [0.4, 0.5) is 0 Å². The van der Waals surface area contributed by atoms with Crippen LogP contribution < -0.4 is 5.32 Å². The number of hydrogen-bond acceptors (Lipinski definition) is 5. The SMILES string of the molecule is COCCNC(=O)c1cc(-c2ccccc2O)on1. The van der Waals surface area contributed by atoms with Gasteiger partial charge in [-0.15, -0.1) is 0 Å². The van der Waals surface area contributed by atoms with Crippen LogP contribution >= 0.6 is 0 Å². The van der Waals surface area contributed by atoms with E-state index in [0.717, 1.165) is 0 Å². The molecule has 0 aliphatic heterocycles. The van der Waals surface area contributed by atoms with Crippen LogP contribution in [0.2, 0.25) is 0 Å². The van der Waals surface area contributed by atoms with Crippen molar-refractivity contribution in [2.24, 2.45) is 0 Å². The highest BCUT2D eigenvalue weighted by Crippen LogP contribution is 2.28. The first-order valence-corrected chi connectivity index (χ1v) is 5.74. The van der Waals surface area contributed by atoms with E-state index in [1.807, 2.05) is 0 Å². The van der Waals surface area contributed by atoms with Crippen LogP contribution in [-0.2, 0) is 4.74 Å². The van der Waals surface area contributed by atoms with Gasteiger partial charge >= 0.3 is 0 Å². The maximum atomic E-state index is 11.7. The Morgan fingerprint density at radius 3 is 3.00 bits per heavy atom. The van der Waals surface area contributed by atoms with Gasteiger partial charge < -0.3 is 19.7 Å². The Kier molecular flexibility index (Phi) is 4.15. The standard InChI is InChI=1S/C13H14N2O4/c1-18-7-6-14-13(17)10-8-12(19-15-10)9-4-2-3-5-11(9)16/h2-5,8,16H,6-7H2,1H3,(H,14,17). The molecule has 2 N–H and O–H groups in total. The summed E-state index contributed by atoms with van der Waals surface area (Å²) in [5.74, 6) is 0.0717. The molecule has 1 aromatic carbocycles. The second kappa shape index (κ2) is 6.01. The monoisotopic (exact) mass is 262 g/mol. The normalized spacial score (nSPS) is 10.4. The molecule has 0 aliphatic rings. The van der Waals surface area contributed by atoms with Gasteiger partial charge in [0.05, 0.1) is 12.2 Å². The largest absolute Gasteiger partial charge is 0.507 e. The number of amides is 1. The van der Waals surface area contributed by atoms with Gasteiger partial charge in [-0.05, 0) is 12.1 Å². The van der Waals surface area contributed by atoms with Gasteiger partial charge in [0.25, 0.3) is 5.91 Å². The first-order valence-electron chi connectivity index (χ1n) is 5.74. The Hall–Kier alpha value is -2.34. The van der Waals surface area contributed by atoms with Gasteiger partial charge in [-0.2, -0.15) is 0 Å². The van der Waals surface area contributed by atoms with Crippen LogP contribution in [0, 0.1) is 0 Å². The Labute approximate surface area is 110 Å². The van der Waals surface area contributed by atoms with E-state index in [9.17, 15) is 9.90 Å².